The van der Waals surface area contributed by atoms with Crippen molar-refractivity contribution in [1.29, 1.82) is 0 Å². The van der Waals surface area contributed by atoms with Gasteiger partial charge in [0.25, 0.3) is 5.91 Å². The molecule has 0 atom stereocenters. The van der Waals surface area contributed by atoms with Crippen LogP contribution in [0, 0.1) is 5.41 Å². The number of aryl methyl sites for hydroxylation is 1. The number of amides is 4. The number of rotatable bonds is 4. The number of aliphatic hydroxyl groups excluding tert-OH is 1. The van der Waals surface area contributed by atoms with Crippen molar-refractivity contribution >= 4 is 23.5 Å². The number of nitrogens with zero attached hydrogens (tertiary/aromatic N) is 1. The molecular weight excluding hydrogens is 272 g/mol. The van der Waals surface area contributed by atoms with E-state index in [1.54, 1.807) is 18.2 Å². The first-order chi connectivity index (χ1) is 10.1. The summed E-state index contributed by atoms with van der Waals surface area (Å²) in [6.07, 6.45) is 2.27. The smallest absolute Gasteiger partial charge is 0.335 e. The largest absolute Gasteiger partial charge is 0.396 e. The molecule has 2 fully saturated rings. The molecule has 0 unspecified atom stereocenters. The van der Waals surface area contributed by atoms with Crippen LogP contribution in [-0.2, 0) is 16.0 Å². The van der Waals surface area contributed by atoms with Crippen LogP contribution in [0.5, 0.6) is 0 Å². The van der Waals surface area contributed by atoms with Crippen LogP contribution in [0.15, 0.2) is 24.3 Å². The summed E-state index contributed by atoms with van der Waals surface area (Å²) in [4.78, 5) is 37.3. The molecule has 2 aliphatic rings. The first kappa shape index (κ1) is 13.8. The third-order valence-corrected chi connectivity index (χ3v) is 4.01. The lowest BCUT2D eigenvalue weighted by atomic mass is 10.0. The Labute approximate surface area is 121 Å². The van der Waals surface area contributed by atoms with Crippen molar-refractivity contribution in [3.63, 3.8) is 0 Å². The van der Waals surface area contributed by atoms with Gasteiger partial charge in [0.05, 0.1) is 5.69 Å². The van der Waals surface area contributed by atoms with Gasteiger partial charge >= 0.3 is 6.03 Å². The van der Waals surface area contributed by atoms with E-state index >= 15 is 0 Å². The highest BCUT2D eigenvalue weighted by atomic mass is 16.3. The number of imide groups is 2. The third-order valence-electron chi connectivity index (χ3n) is 4.01. The lowest BCUT2D eigenvalue weighted by Crippen LogP contribution is -2.59. The maximum absolute atomic E-state index is 12.5. The Morgan fingerprint density at radius 1 is 1.24 bits per heavy atom. The fraction of sp³-hybridized carbons (Fsp3) is 0.400. The highest BCUT2D eigenvalue weighted by Crippen LogP contribution is 2.49. The summed E-state index contributed by atoms with van der Waals surface area (Å²) >= 11 is 0. The minimum atomic E-state index is -1.03. The summed E-state index contributed by atoms with van der Waals surface area (Å²) in [6, 6.07) is 6.37. The van der Waals surface area contributed by atoms with Crippen LogP contribution in [0.2, 0.25) is 0 Å². The lowest BCUT2D eigenvalue weighted by Gasteiger charge is -2.30. The number of nitrogens with one attached hydrogen (secondary N) is 1. The zero-order valence-electron chi connectivity index (χ0n) is 11.5. The number of hydrogen-bond acceptors (Lipinski definition) is 4. The first-order valence-corrected chi connectivity index (χ1v) is 6.98. The average Bonchev–Trinajstić information content (AvgIpc) is 3.26. The first-order valence-electron chi connectivity index (χ1n) is 6.98. The minimum absolute atomic E-state index is 0.0883. The fourth-order valence-electron chi connectivity index (χ4n) is 2.61. The van der Waals surface area contributed by atoms with Crippen LogP contribution in [-0.4, -0.2) is 29.6 Å². The summed E-state index contributed by atoms with van der Waals surface area (Å²) in [5.41, 5.74) is 0.366. The molecule has 1 aliphatic heterocycles. The van der Waals surface area contributed by atoms with Gasteiger partial charge in [-0.15, -0.1) is 0 Å². The van der Waals surface area contributed by atoms with E-state index in [4.69, 9.17) is 5.11 Å². The van der Waals surface area contributed by atoms with E-state index in [0.29, 0.717) is 31.4 Å². The zero-order chi connectivity index (χ0) is 15.0. The lowest BCUT2D eigenvalue weighted by molar-refractivity contribution is -0.136. The Kier molecular flexibility index (Phi) is 3.25. The van der Waals surface area contributed by atoms with Gasteiger partial charge in [-0.05, 0) is 43.4 Å². The molecule has 1 saturated carbocycles. The summed E-state index contributed by atoms with van der Waals surface area (Å²) in [5.74, 6) is -0.916. The molecule has 1 saturated heterocycles. The van der Waals surface area contributed by atoms with E-state index in [1.165, 1.54) is 0 Å². The molecule has 0 radical (unpaired) electrons. The molecule has 6 nitrogen and oxygen atoms in total. The second kappa shape index (κ2) is 4.96. The summed E-state index contributed by atoms with van der Waals surface area (Å²) in [5, 5.41) is 11.1. The van der Waals surface area contributed by atoms with Crippen molar-refractivity contribution in [3.8, 4) is 0 Å². The van der Waals surface area contributed by atoms with Crippen LogP contribution < -0.4 is 10.2 Å². The molecule has 110 valence electrons. The predicted molar refractivity (Wildman–Crippen MR) is 74.5 cm³/mol. The Hall–Kier alpha value is -2.21. The van der Waals surface area contributed by atoms with Gasteiger partial charge in [-0.1, -0.05) is 12.1 Å². The second-order valence-corrected chi connectivity index (χ2v) is 5.48. The van der Waals surface area contributed by atoms with Crippen molar-refractivity contribution in [3.05, 3.63) is 29.8 Å². The number of urea groups is 1. The molecule has 4 amide bonds. The van der Waals surface area contributed by atoms with Gasteiger partial charge in [0.2, 0.25) is 5.91 Å². The van der Waals surface area contributed by atoms with Crippen LogP contribution >= 0.6 is 0 Å². The van der Waals surface area contributed by atoms with Gasteiger partial charge in [0.1, 0.15) is 5.41 Å². The van der Waals surface area contributed by atoms with E-state index < -0.39 is 23.3 Å². The molecule has 0 bridgehead atoms. The number of hydrogen-bond donors (Lipinski definition) is 2. The minimum Gasteiger partial charge on any atom is -0.396 e. The molecule has 1 aromatic carbocycles. The molecule has 1 aromatic rings. The standard InChI is InChI=1S/C15H16N2O4/c18-8-2-4-10-3-1-5-11(9-10)17-13(20)15(6-7-15)12(19)16-14(17)21/h1,3,5,9,18H,2,4,6-8H2,(H,16,19,21). The van der Waals surface area contributed by atoms with Crippen LogP contribution in [0.4, 0.5) is 10.5 Å². The molecule has 1 spiro atoms. The normalized spacial score (nSPS) is 19.9. The zero-order valence-corrected chi connectivity index (χ0v) is 11.5. The Morgan fingerprint density at radius 2 is 2.00 bits per heavy atom. The van der Waals surface area contributed by atoms with E-state index in [-0.39, 0.29) is 6.61 Å². The quantitative estimate of drug-likeness (QED) is 0.808. The van der Waals surface area contributed by atoms with Crippen molar-refractivity contribution in [2.75, 3.05) is 11.5 Å². The maximum Gasteiger partial charge on any atom is 0.335 e. The number of barbiturate groups is 1. The molecular formula is C15H16N2O4. The van der Waals surface area contributed by atoms with Crippen molar-refractivity contribution in [2.45, 2.75) is 25.7 Å². The van der Waals surface area contributed by atoms with E-state index in [2.05, 4.69) is 5.32 Å². The molecule has 2 N–H and O–H groups in total. The van der Waals surface area contributed by atoms with Gasteiger partial charge in [-0.25, -0.2) is 9.69 Å². The van der Waals surface area contributed by atoms with Crippen LogP contribution in [0.25, 0.3) is 0 Å². The predicted octanol–water partition coefficient (Wildman–Crippen LogP) is 0.974. The Bertz CT molecular complexity index is 622. The summed E-state index contributed by atoms with van der Waals surface area (Å²) < 4.78 is 0. The highest BCUT2D eigenvalue weighted by Gasteiger charge is 2.62. The topological polar surface area (TPSA) is 86.7 Å². The van der Waals surface area contributed by atoms with Gasteiger partial charge in [0.15, 0.2) is 0 Å². The summed E-state index contributed by atoms with van der Waals surface area (Å²) in [7, 11) is 0. The van der Waals surface area contributed by atoms with Crippen molar-refractivity contribution < 1.29 is 19.5 Å². The van der Waals surface area contributed by atoms with Gasteiger partial charge in [-0.2, -0.15) is 0 Å². The summed E-state index contributed by atoms with van der Waals surface area (Å²) in [6.45, 7) is 0.0883. The monoisotopic (exact) mass is 288 g/mol. The molecule has 0 aromatic heterocycles. The van der Waals surface area contributed by atoms with Gasteiger partial charge in [-0.3, -0.25) is 14.9 Å². The Balaban J connectivity index is 1.90. The van der Waals surface area contributed by atoms with Crippen LogP contribution in [0.3, 0.4) is 0 Å². The van der Waals surface area contributed by atoms with Gasteiger partial charge in [0, 0.05) is 6.61 Å². The van der Waals surface area contributed by atoms with Gasteiger partial charge < -0.3 is 5.11 Å². The molecule has 1 heterocycles. The highest BCUT2D eigenvalue weighted by molar-refractivity contribution is 6.31. The number of carbonyl (C=O) groups is 3. The number of carbonyl (C=O) groups excluding carboxylic acids is 3. The number of benzene rings is 1. The molecule has 3 rings (SSSR count). The van der Waals surface area contributed by atoms with E-state index in [1.807, 2.05) is 6.07 Å². The molecule has 21 heavy (non-hydrogen) atoms. The number of anilines is 1. The molecule has 1 aliphatic carbocycles. The van der Waals surface area contributed by atoms with Crippen LogP contribution in [0.1, 0.15) is 24.8 Å². The van der Waals surface area contributed by atoms with Crippen molar-refractivity contribution in [2.24, 2.45) is 5.41 Å². The SMILES string of the molecule is O=C1NC(=O)C2(CC2)C(=O)N1c1cccc(CCCO)c1. The fourth-order valence-corrected chi connectivity index (χ4v) is 2.61. The Morgan fingerprint density at radius 3 is 2.67 bits per heavy atom. The number of aliphatic hydroxyl groups is 1. The van der Waals surface area contributed by atoms with E-state index in [9.17, 15) is 14.4 Å². The maximum atomic E-state index is 12.5. The average molecular weight is 288 g/mol. The third kappa shape index (κ3) is 2.21. The second-order valence-electron chi connectivity index (χ2n) is 5.48. The van der Waals surface area contributed by atoms with Crippen molar-refractivity contribution in [1.82, 2.24) is 5.32 Å². The van der Waals surface area contributed by atoms with E-state index in [0.717, 1.165) is 10.5 Å². The molecule has 6 heteroatoms.